The standard InChI is InChI=1S/C20H23NO5/c1-13-5-8-16(9-6-13)21-20(23)14(2)26-19(22)12-15-7-10-17(24-3)18(11-15)25-4/h5-11,14H,12H2,1-4H3,(H,21,23)/t14-/m1/s1. The van der Waals surface area contributed by atoms with Crippen molar-refractivity contribution in [1.29, 1.82) is 0 Å². The predicted molar refractivity (Wildman–Crippen MR) is 98.6 cm³/mol. The number of esters is 1. The normalized spacial score (nSPS) is 11.4. The molecule has 0 aromatic heterocycles. The van der Waals surface area contributed by atoms with Gasteiger partial charge in [-0.25, -0.2) is 0 Å². The summed E-state index contributed by atoms with van der Waals surface area (Å²) in [7, 11) is 3.07. The van der Waals surface area contributed by atoms with Crippen LogP contribution >= 0.6 is 0 Å². The first kappa shape index (κ1) is 19.3. The Kier molecular flexibility index (Phi) is 6.60. The summed E-state index contributed by atoms with van der Waals surface area (Å²) in [6.07, 6.45) is -0.869. The van der Waals surface area contributed by atoms with E-state index in [1.54, 1.807) is 37.4 Å². The molecule has 0 saturated carbocycles. The van der Waals surface area contributed by atoms with Crippen LogP contribution in [0.15, 0.2) is 42.5 Å². The SMILES string of the molecule is COc1ccc(CC(=O)O[C@H](C)C(=O)Nc2ccc(C)cc2)cc1OC. The molecule has 0 fully saturated rings. The van der Waals surface area contributed by atoms with Crippen LogP contribution in [0.3, 0.4) is 0 Å². The molecule has 2 aromatic carbocycles. The van der Waals surface area contributed by atoms with Gasteiger partial charge in [0.1, 0.15) is 0 Å². The van der Waals surface area contributed by atoms with Crippen molar-refractivity contribution in [2.45, 2.75) is 26.4 Å². The van der Waals surface area contributed by atoms with E-state index >= 15 is 0 Å². The third-order valence-electron chi connectivity index (χ3n) is 3.79. The molecule has 1 amide bonds. The minimum Gasteiger partial charge on any atom is -0.493 e. The number of nitrogens with one attached hydrogen (secondary N) is 1. The molecule has 1 N–H and O–H groups in total. The summed E-state index contributed by atoms with van der Waals surface area (Å²) in [5.41, 5.74) is 2.46. The summed E-state index contributed by atoms with van der Waals surface area (Å²) < 4.78 is 15.6. The quantitative estimate of drug-likeness (QED) is 0.771. The van der Waals surface area contributed by atoms with Crippen molar-refractivity contribution in [2.75, 3.05) is 19.5 Å². The molecule has 0 saturated heterocycles. The first-order valence-corrected chi connectivity index (χ1v) is 8.21. The Morgan fingerprint density at radius 1 is 1.00 bits per heavy atom. The highest BCUT2D eigenvalue weighted by Crippen LogP contribution is 2.27. The number of carbonyl (C=O) groups is 2. The molecular formula is C20H23NO5. The van der Waals surface area contributed by atoms with E-state index in [0.717, 1.165) is 5.56 Å². The van der Waals surface area contributed by atoms with Gasteiger partial charge in [0.15, 0.2) is 17.6 Å². The maximum Gasteiger partial charge on any atom is 0.311 e. The molecule has 0 aliphatic carbocycles. The van der Waals surface area contributed by atoms with Gasteiger partial charge < -0.3 is 19.5 Å². The minimum atomic E-state index is -0.899. The van der Waals surface area contributed by atoms with Gasteiger partial charge >= 0.3 is 5.97 Å². The molecular weight excluding hydrogens is 334 g/mol. The molecule has 26 heavy (non-hydrogen) atoms. The molecule has 2 rings (SSSR count). The van der Waals surface area contributed by atoms with Gasteiger partial charge in [-0.2, -0.15) is 0 Å². The summed E-state index contributed by atoms with van der Waals surface area (Å²) in [4.78, 5) is 24.2. The third kappa shape index (κ3) is 5.24. The van der Waals surface area contributed by atoms with Crippen molar-refractivity contribution >= 4 is 17.6 Å². The number of benzene rings is 2. The summed E-state index contributed by atoms with van der Waals surface area (Å²) in [5.74, 6) is 0.233. The first-order chi connectivity index (χ1) is 12.4. The largest absolute Gasteiger partial charge is 0.493 e. The lowest BCUT2D eigenvalue weighted by atomic mass is 10.1. The van der Waals surface area contributed by atoms with Crippen molar-refractivity contribution in [1.82, 2.24) is 0 Å². The number of methoxy groups -OCH3 is 2. The Morgan fingerprint density at radius 3 is 2.27 bits per heavy atom. The van der Waals surface area contributed by atoms with Gasteiger partial charge in [0.2, 0.25) is 0 Å². The molecule has 6 heteroatoms. The second-order valence-corrected chi connectivity index (χ2v) is 5.85. The molecule has 0 bridgehead atoms. The number of ether oxygens (including phenoxy) is 3. The maximum absolute atomic E-state index is 12.1. The van der Waals surface area contributed by atoms with Gasteiger partial charge in [-0.3, -0.25) is 9.59 Å². The van der Waals surface area contributed by atoms with Crippen LogP contribution < -0.4 is 14.8 Å². The zero-order chi connectivity index (χ0) is 19.1. The molecule has 6 nitrogen and oxygen atoms in total. The number of anilines is 1. The first-order valence-electron chi connectivity index (χ1n) is 8.21. The Labute approximate surface area is 153 Å². The molecule has 0 radical (unpaired) electrons. The fraction of sp³-hybridized carbons (Fsp3) is 0.300. The smallest absolute Gasteiger partial charge is 0.311 e. The molecule has 0 unspecified atom stereocenters. The summed E-state index contributed by atoms with van der Waals surface area (Å²) >= 11 is 0. The van der Waals surface area contributed by atoms with Crippen LogP contribution in [0, 0.1) is 6.92 Å². The molecule has 1 atom stereocenters. The van der Waals surface area contributed by atoms with Crippen LogP contribution in [-0.4, -0.2) is 32.2 Å². The zero-order valence-electron chi connectivity index (χ0n) is 15.4. The van der Waals surface area contributed by atoms with Gasteiger partial charge in [-0.05, 0) is 43.7 Å². The number of carbonyl (C=O) groups excluding carboxylic acids is 2. The number of hydrogen-bond acceptors (Lipinski definition) is 5. The van der Waals surface area contributed by atoms with Gasteiger partial charge in [0, 0.05) is 5.69 Å². The van der Waals surface area contributed by atoms with Gasteiger partial charge in [-0.1, -0.05) is 23.8 Å². The van der Waals surface area contributed by atoms with Crippen LogP contribution in [0.4, 0.5) is 5.69 Å². The van der Waals surface area contributed by atoms with Gasteiger partial charge in [-0.15, -0.1) is 0 Å². The van der Waals surface area contributed by atoms with Crippen LogP contribution in [-0.2, 0) is 20.7 Å². The van der Waals surface area contributed by atoms with Crippen molar-refractivity contribution in [3.05, 3.63) is 53.6 Å². The Morgan fingerprint density at radius 2 is 1.65 bits per heavy atom. The number of aryl methyl sites for hydroxylation is 1. The van der Waals surface area contributed by atoms with E-state index in [2.05, 4.69) is 5.32 Å². The highest BCUT2D eigenvalue weighted by molar-refractivity contribution is 5.95. The summed E-state index contributed by atoms with van der Waals surface area (Å²) in [5, 5.41) is 2.72. The molecule has 2 aromatic rings. The van der Waals surface area contributed by atoms with E-state index in [4.69, 9.17) is 14.2 Å². The highest BCUT2D eigenvalue weighted by Gasteiger charge is 2.18. The van der Waals surface area contributed by atoms with Crippen LogP contribution in [0.5, 0.6) is 11.5 Å². The lowest BCUT2D eigenvalue weighted by Gasteiger charge is -2.14. The molecule has 0 spiro atoms. The van der Waals surface area contributed by atoms with Crippen LogP contribution in [0.2, 0.25) is 0 Å². The molecule has 0 heterocycles. The van der Waals surface area contributed by atoms with E-state index in [9.17, 15) is 9.59 Å². The van der Waals surface area contributed by atoms with Crippen molar-refractivity contribution in [2.24, 2.45) is 0 Å². The van der Waals surface area contributed by atoms with E-state index < -0.39 is 12.1 Å². The summed E-state index contributed by atoms with van der Waals surface area (Å²) in [6.45, 7) is 3.50. The fourth-order valence-electron chi connectivity index (χ4n) is 2.33. The second-order valence-electron chi connectivity index (χ2n) is 5.85. The van der Waals surface area contributed by atoms with Crippen LogP contribution in [0.1, 0.15) is 18.1 Å². The topological polar surface area (TPSA) is 73.9 Å². The van der Waals surface area contributed by atoms with E-state index in [0.29, 0.717) is 22.7 Å². The molecule has 138 valence electrons. The number of rotatable bonds is 7. The number of hydrogen-bond donors (Lipinski definition) is 1. The minimum absolute atomic E-state index is 0.0303. The lowest BCUT2D eigenvalue weighted by molar-refractivity contribution is -0.152. The van der Waals surface area contributed by atoms with Crippen molar-refractivity contribution < 1.29 is 23.8 Å². The Balaban J connectivity index is 1.92. The Bertz CT molecular complexity index is 770. The van der Waals surface area contributed by atoms with Crippen LogP contribution in [0.25, 0.3) is 0 Å². The van der Waals surface area contributed by atoms with E-state index in [-0.39, 0.29) is 12.3 Å². The maximum atomic E-state index is 12.1. The monoisotopic (exact) mass is 357 g/mol. The molecule has 0 aliphatic rings. The highest BCUT2D eigenvalue weighted by atomic mass is 16.5. The lowest BCUT2D eigenvalue weighted by Crippen LogP contribution is -2.30. The van der Waals surface area contributed by atoms with E-state index in [1.165, 1.54) is 14.0 Å². The third-order valence-corrected chi connectivity index (χ3v) is 3.79. The predicted octanol–water partition coefficient (Wildman–Crippen LogP) is 3.13. The van der Waals surface area contributed by atoms with Crippen molar-refractivity contribution in [3.63, 3.8) is 0 Å². The zero-order valence-corrected chi connectivity index (χ0v) is 15.4. The average molecular weight is 357 g/mol. The van der Waals surface area contributed by atoms with Crippen molar-refractivity contribution in [3.8, 4) is 11.5 Å². The molecule has 0 aliphatic heterocycles. The second kappa shape index (κ2) is 8.89. The van der Waals surface area contributed by atoms with Gasteiger partial charge in [0.05, 0.1) is 20.6 Å². The Hall–Kier alpha value is -3.02. The number of amides is 1. The average Bonchev–Trinajstić information content (AvgIpc) is 2.63. The summed E-state index contributed by atoms with van der Waals surface area (Å²) in [6, 6.07) is 12.6. The van der Waals surface area contributed by atoms with E-state index in [1.807, 2.05) is 19.1 Å². The fourth-order valence-corrected chi connectivity index (χ4v) is 2.33. The van der Waals surface area contributed by atoms with Gasteiger partial charge in [0.25, 0.3) is 5.91 Å².